The summed E-state index contributed by atoms with van der Waals surface area (Å²) in [5, 5.41) is 16.8. The van der Waals surface area contributed by atoms with Crippen LogP contribution in [0, 0.1) is 19.8 Å². The smallest absolute Gasteiger partial charge is 0.257 e. The minimum absolute atomic E-state index is 0.0273. The molecule has 0 saturated heterocycles. The van der Waals surface area contributed by atoms with E-state index in [0.717, 1.165) is 5.56 Å². The van der Waals surface area contributed by atoms with Gasteiger partial charge in [0.25, 0.3) is 5.91 Å². The fourth-order valence-electron chi connectivity index (χ4n) is 3.08. The second-order valence-electron chi connectivity index (χ2n) is 6.58. The zero-order valence-electron chi connectivity index (χ0n) is 14.4. The lowest BCUT2D eigenvalue weighted by Gasteiger charge is -2.15. The van der Waals surface area contributed by atoms with E-state index in [9.17, 15) is 9.90 Å². The van der Waals surface area contributed by atoms with Crippen LogP contribution in [0.1, 0.15) is 36.0 Å². The Bertz CT molecular complexity index is 713. The number of carbonyl (C=O) groups excluding carboxylic acids is 1. The molecule has 0 aliphatic heterocycles. The van der Waals surface area contributed by atoms with Crippen molar-refractivity contribution in [1.29, 1.82) is 0 Å². The van der Waals surface area contributed by atoms with E-state index in [-0.39, 0.29) is 24.3 Å². The Hall–Kier alpha value is -2.41. The lowest BCUT2D eigenvalue weighted by Crippen LogP contribution is -2.35. The van der Waals surface area contributed by atoms with Crippen LogP contribution in [0.25, 0.3) is 0 Å². The average Bonchev–Trinajstić information content (AvgIpc) is 3.18. The summed E-state index contributed by atoms with van der Waals surface area (Å²) in [7, 11) is 0. The van der Waals surface area contributed by atoms with Gasteiger partial charge in [-0.25, -0.2) is 0 Å². The SMILES string of the molecule is Cc1ccc(OCC(=O)NC[C@H]2C[C@H](c3nc(C)no3)C[C@H]2O)cc1. The third kappa shape index (κ3) is 4.57. The van der Waals surface area contributed by atoms with E-state index in [1.165, 1.54) is 0 Å². The van der Waals surface area contributed by atoms with Crippen LogP contribution in [0.5, 0.6) is 5.75 Å². The number of benzene rings is 1. The molecule has 1 aromatic carbocycles. The van der Waals surface area contributed by atoms with E-state index < -0.39 is 6.10 Å². The maximum atomic E-state index is 11.9. The Kier molecular flexibility index (Phi) is 5.33. The minimum atomic E-state index is -0.490. The first-order valence-corrected chi connectivity index (χ1v) is 8.45. The summed E-state index contributed by atoms with van der Waals surface area (Å²) in [5.74, 6) is 1.63. The van der Waals surface area contributed by atoms with E-state index in [1.807, 2.05) is 31.2 Å². The van der Waals surface area contributed by atoms with Crippen LogP contribution in [0.4, 0.5) is 0 Å². The summed E-state index contributed by atoms with van der Waals surface area (Å²) in [4.78, 5) is 16.2. The van der Waals surface area contributed by atoms with Gasteiger partial charge in [-0.15, -0.1) is 0 Å². The van der Waals surface area contributed by atoms with Gasteiger partial charge < -0.3 is 19.7 Å². The van der Waals surface area contributed by atoms with Crippen LogP contribution in [0.2, 0.25) is 0 Å². The number of aliphatic hydroxyl groups is 1. The number of aromatic nitrogens is 2. The number of nitrogens with zero attached hydrogens (tertiary/aromatic N) is 2. The van der Waals surface area contributed by atoms with Gasteiger partial charge in [0.1, 0.15) is 5.75 Å². The van der Waals surface area contributed by atoms with Crippen LogP contribution in [0.15, 0.2) is 28.8 Å². The quantitative estimate of drug-likeness (QED) is 0.827. The number of hydrogen-bond donors (Lipinski definition) is 2. The molecular weight excluding hydrogens is 322 g/mol. The molecule has 2 N–H and O–H groups in total. The lowest BCUT2D eigenvalue weighted by atomic mass is 10.0. The molecule has 1 heterocycles. The molecule has 7 nitrogen and oxygen atoms in total. The highest BCUT2D eigenvalue weighted by Gasteiger charge is 2.36. The van der Waals surface area contributed by atoms with Crippen LogP contribution >= 0.6 is 0 Å². The van der Waals surface area contributed by atoms with Gasteiger partial charge in [0.05, 0.1) is 6.10 Å². The summed E-state index contributed by atoms with van der Waals surface area (Å²) in [6.07, 6.45) is 0.791. The highest BCUT2D eigenvalue weighted by atomic mass is 16.5. The monoisotopic (exact) mass is 345 g/mol. The Labute approximate surface area is 146 Å². The molecule has 1 aliphatic rings. The molecule has 1 fully saturated rings. The molecule has 1 amide bonds. The van der Waals surface area contributed by atoms with Crippen molar-refractivity contribution in [1.82, 2.24) is 15.5 Å². The van der Waals surface area contributed by atoms with E-state index in [0.29, 0.717) is 36.9 Å². The van der Waals surface area contributed by atoms with Crippen molar-refractivity contribution in [2.24, 2.45) is 5.92 Å². The first kappa shape index (κ1) is 17.4. The first-order valence-electron chi connectivity index (χ1n) is 8.45. The van der Waals surface area contributed by atoms with Crippen molar-refractivity contribution in [3.63, 3.8) is 0 Å². The van der Waals surface area contributed by atoms with E-state index in [4.69, 9.17) is 9.26 Å². The molecule has 2 aromatic rings. The average molecular weight is 345 g/mol. The van der Waals surface area contributed by atoms with Gasteiger partial charge >= 0.3 is 0 Å². The largest absolute Gasteiger partial charge is 0.484 e. The highest BCUT2D eigenvalue weighted by molar-refractivity contribution is 5.77. The second kappa shape index (κ2) is 7.65. The lowest BCUT2D eigenvalue weighted by molar-refractivity contribution is -0.123. The molecule has 0 bridgehead atoms. The van der Waals surface area contributed by atoms with Gasteiger partial charge in [0.2, 0.25) is 5.89 Å². The van der Waals surface area contributed by atoms with Crippen LogP contribution in [-0.2, 0) is 4.79 Å². The second-order valence-corrected chi connectivity index (χ2v) is 6.58. The third-order valence-electron chi connectivity index (χ3n) is 4.50. The summed E-state index contributed by atoms with van der Waals surface area (Å²) in [5.41, 5.74) is 1.14. The predicted molar refractivity (Wildman–Crippen MR) is 90.2 cm³/mol. The number of aliphatic hydroxyl groups excluding tert-OH is 1. The molecule has 0 radical (unpaired) electrons. The number of amides is 1. The summed E-state index contributed by atoms with van der Waals surface area (Å²) in [6, 6.07) is 7.53. The molecule has 25 heavy (non-hydrogen) atoms. The molecule has 3 rings (SSSR count). The van der Waals surface area contributed by atoms with Gasteiger partial charge in [-0.2, -0.15) is 4.98 Å². The number of carbonyl (C=O) groups is 1. The van der Waals surface area contributed by atoms with Gasteiger partial charge in [0, 0.05) is 18.4 Å². The van der Waals surface area contributed by atoms with Crippen LogP contribution in [0.3, 0.4) is 0 Å². The van der Waals surface area contributed by atoms with Crippen molar-refractivity contribution in [2.45, 2.75) is 38.7 Å². The van der Waals surface area contributed by atoms with Gasteiger partial charge in [-0.3, -0.25) is 4.79 Å². The highest BCUT2D eigenvalue weighted by Crippen LogP contribution is 2.37. The zero-order valence-corrected chi connectivity index (χ0v) is 14.4. The molecular formula is C18H23N3O4. The Morgan fingerprint density at radius 2 is 2.08 bits per heavy atom. The van der Waals surface area contributed by atoms with Crippen molar-refractivity contribution >= 4 is 5.91 Å². The van der Waals surface area contributed by atoms with Gasteiger partial charge in [-0.05, 0) is 38.8 Å². The van der Waals surface area contributed by atoms with Gasteiger partial charge in [0.15, 0.2) is 12.4 Å². The normalized spacial score (nSPS) is 22.8. The fourth-order valence-corrected chi connectivity index (χ4v) is 3.08. The number of ether oxygens (including phenoxy) is 1. The van der Waals surface area contributed by atoms with E-state index in [1.54, 1.807) is 6.92 Å². The zero-order chi connectivity index (χ0) is 17.8. The van der Waals surface area contributed by atoms with E-state index in [2.05, 4.69) is 15.5 Å². The van der Waals surface area contributed by atoms with Crippen LogP contribution in [-0.4, -0.2) is 40.4 Å². The maximum absolute atomic E-state index is 11.9. The standard InChI is InChI=1S/C18H23N3O4/c1-11-3-5-15(6-4-11)24-10-17(23)19-9-14-7-13(8-16(14)22)18-20-12(2)21-25-18/h3-6,13-14,16,22H,7-10H2,1-2H3,(H,19,23)/t13-,14+,16+/m0/s1. The first-order chi connectivity index (χ1) is 12.0. The Morgan fingerprint density at radius 3 is 2.76 bits per heavy atom. The predicted octanol–water partition coefficient (Wildman–Crippen LogP) is 1.74. The van der Waals surface area contributed by atoms with Crippen molar-refractivity contribution in [3.05, 3.63) is 41.5 Å². The van der Waals surface area contributed by atoms with Crippen LogP contribution < -0.4 is 10.1 Å². The van der Waals surface area contributed by atoms with Crippen molar-refractivity contribution in [2.75, 3.05) is 13.2 Å². The molecule has 3 atom stereocenters. The molecule has 134 valence electrons. The Balaban J connectivity index is 1.43. The molecule has 0 spiro atoms. The minimum Gasteiger partial charge on any atom is -0.484 e. The summed E-state index contributed by atoms with van der Waals surface area (Å²) in [6.45, 7) is 4.12. The number of nitrogens with one attached hydrogen (secondary N) is 1. The fraction of sp³-hybridized carbons (Fsp3) is 0.500. The summed E-state index contributed by atoms with van der Waals surface area (Å²) >= 11 is 0. The number of hydrogen-bond acceptors (Lipinski definition) is 6. The van der Waals surface area contributed by atoms with Crippen molar-refractivity contribution < 1.29 is 19.2 Å². The Morgan fingerprint density at radius 1 is 1.32 bits per heavy atom. The third-order valence-corrected chi connectivity index (χ3v) is 4.50. The number of rotatable bonds is 6. The topological polar surface area (TPSA) is 97.5 Å². The molecule has 1 saturated carbocycles. The van der Waals surface area contributed by atoms with E-state index >= 15 is 0 Å². The molecule has 0 unspecified atom stereocenters. The molecule has 1 aliphatic carbocycles. The molecule has 1 aromatic heterocycles. The molecule has 7 heteroatoms. The van der Waals surface area contributed by atoms with Gasteiger partial charge in [-0.1, -0.05) is 22.9 Å². The maximum Gasteiger partial charge on any atom is 0.257 e. The van der Waals surface area contributed by atoms with Crippen molar-refractivity contribution in [3.8, 4) is 5.75 Å². The summed E-state index contributed by atoms with van der Waals surface area (Å²) < 4.78 is 10.6. The number of aryl methyl sites for hydroxylation is 2.